The molecule has 0 unspecified atom stereocenters. The Morgan fingerprint density at radius 1 is 1.13 bits per heavy atom. The van der Waals surface area contributed by atoms with Gasteiger partial charge in [0, 0.05) is 36.5 Å². The molecule has 9 heteroatoms. The summed E-state index contributed by atoms with van der Waals surface area (Å²) >= 11 is 1.39. The standard InChI is InChI=1S/C21H17FN4O3S/c22-15-10-13(29-21(28)25-7-1-2-8-25)4-5-14(15)16-11-26-17-6-3-12(19(23)27)9-18(17)30-20(26)24-16/h3-6,9-11H,1-2,7-8H2,(H2,23,27). The minimum atomic E-state index is -0.521. The highest BCUT2D eigenvalue weighted by Crippen LogP contribution is 2.32. The molecular weight excluding hydrogens is 407 g/mol. The quantitative estimate of drug-likeness (QED) is 0.537. The van der Waals surface area contributed by atoms with Gasteiger partial charge in [-0.25, -0.2) is 14.2 Å². The highest BCUT2D eigenvalue weighted by molar-refractivity contribution is 7.23. The Morgan fingerprint density at radius 3 is 2.67 bits per heavy atom. The second-order valence-electron chi connectivity index (χ2n) is 7.13. The number of carbonyl (C=O) groups is 2. The molecule has 30 heavy (non-hydrogen) atoms. The Bertz CT molecular complexity index is 1310. The van der Waals surface area contributed by atoms with Crippen LogP contribution in [0.25, 0.3) is 26.4 Å². The Labute approximate surface area is 174 Å². The van der Waals surface area contributed by atoms with E-state index in [-0.39, 0.29) is 5.75 Å². The first kappa shape index (κ1) is 18.6. The lowest BCUT2D eigenvalue weighted by molar-refractivity contribution is 0.100. The molecule has 0 spiro atoms. The lowest BCUT2D eigenvalue weighted by atomic mass is 10.1. The summed E-state index contributed by atoms with van der Waals surface area (Å²) in [6.07, 6.45) is 3.20. The van der Waals surface area contributed by atoms with Gasteiger partial charge in [-0.15, -0.1) is 0 Å². The van der Waals surface area contributed by atoms with Crippen LogP contribution in [-0.4, -0.2) is 39.4 Å². The molecule has 0 radical (unpaired) electrons. The number of primary amides is 1. The van der Waals surface area contributed by atoms with E-state index in [0.717, 1.165) is 23.1 Å². The van der Waals surface area contributed by atoms with Gasteiger partial charge >= 0.3 is 6.09 Å². The minimum Gasteiger partial charge on any atom is -0.410 e. The lowest BCUT2D eigenvalue weighted by Gasteiger charge is -2.15. The van der Waals surface area contributed by atoms with E-state index < -0.39 is 17.8 Å². The minimum absolute atomic E-state index is 0.165. The van der Waals surface area contributed by atoms with Crippen LogP contribution in [0.15, 0.2) is 42.6 Å². The van der Waals surface area contributed by atoms with E-state index in [1.165, 1.54) is 17.4 Å². The molecular formula is C21H17FN4O3S. The van der Waals surface area contributed by atoms with E-state index in [9.17, 15) is 14.0 Å². The van der Waals surface area contributed by atoms with Gasteiger partial charge in [0.15, 0.2) is 4.96 Å². The summed E-state index contributed by atoms with van der Waals surface area (Å²) in [4.78, 5) is 30.3. The van der Waals surface area contributed by atoms with Crippen LogP contribution in [0.5, 0.6) is 5.75 Å². The number of halogens is 1. The second-order valence-corrected chi connectivity index (χ2v) is 8.14. The number of hydrogen-bond acceptors (Lipinski definition) is 5. The van der Waals surface area contributed by atoms with Crippen LogP contribution in [0.4, 0.5) is 9.18 Å². The van der Waals surface area contributed by atoms with E-state index in [4.69, 9.17) is 10.5 Å². The predicted octanol–water partition coefficient (Wildman–Crippen LogP) is 4.05. The fraction of sp³-hybridized carbons (Fsp3) is 0.190. The molecule has 1 aliphatic rings. The van der Waals surface area contributed by atoms with Crippen LogP contribution in [0.1, 0.15) is 23.2 Å². The number of carbonyl (C=O) groups excluding carboxylic acids is 2. The molecule has 1 fully saturated rings. The summed E-state index contributed by atoms with van der Waals surface area (Å²) in [6, 6.07) is 9.50. The van der Waals surface area contributed by atoms with Gasteiger partial charge in [-0.2, -0.15) is 0 Å². The number of nitrogens with two attached hydrogens (primary N) is 1. The number of imidazole rings is 1. The fourth-order valence-corrected chi connectivity index (χ4v) is 4.66. The summed E-state index contributed by atoms with van der Waals surface area (Å²) in [7, 11) is 0. The van der Waals surface area contributed by atoms with Gasteiger partial charge in [0.1, 0.15) is 11.6 Å². The first-order valence-electron chi connectivity index (χ1n) is 9.48. The molecule has 0 aliphatic carbocycles. The summed E-state index contributed by atoms with van der Waals surface area (Å²) in [5.41, 5.74) is 7.40. The number of rotatable bonds is 3. The van der Waals surface area contributed by atoms with Crippen molar-refractivity contribution in [1.29, 1.82) is 0 Å². The maximum absolute atomic E-state index is 14.8. The number of ether oxygens (including phenoxy) is 1. The molecule has 0 atom stereocenters. The Balaban J connectivity index is 1.44. The van der Waals surface area contributed by atoms with Crippen molar-refractivity contribution < 1.29 is 18.7 Å². The molecule has 1 aliphatic heterocycles. The fourth-order valence-electron chi connectivity index (χ4n) is 3.62. The summed E-state index contributed by atoms with van der Waals surface area (Å²) in [6.45, 7) is 1.33. The summed E-state index contributed by atoms with van der Waals surface area (Å²) in [5.74, 6) is -0.845. The molecule has 2 N–H and O–H groups in total. The number of benzene rings is 2. The molecule has 1 saturated heterocycles. The Kier molecular flexibility index (Phi) is 4.39. The smallest absolute Gasteiger partial charge is 0.410 e. The van der Waals surface area contributed by atoms with Crippen LogP contribution < -0.4 is 10.5 Å². The molecule has 2 amide bonds. The molecule has 2 aromatic heterocycles. The zero-order valence-corrected chi connectivity index (χ0v) is 16.6. The van der Waals surface area contributed by atoms with E-state index in [1.807, 2.05) is 4.40 Å². The molecule has 5 rings (SSSR count). The zero-order chi connectivity index (χ0) is 20.8. The molecule has 0 bridgehead atoms. The highest BCUT2D eigenvalue weighted by Gasteiger charge is 2.21. The topological polar surface area (TPSA) is 89.9 Å². The van der Waals surface area contributed by atoms with Crippen molar-refractivity contribution in [3.05, 3.63) is 54.0 Å². The summed E-state index contributed by atoms with van der Waals surface area (Å²) < 4.78 is 22.8. The van der Waals surface area contributed by atoms with Gasteiger partial charge in [-0.1, -0.05) is 11.3 Å². The maximum atomic E-state index is 14.8. The van der Waals surface area contributed by atoms with Gasteiger partial charge in [0.25, 0.3) is 0 Å². The zero-order valence-electron chi connectivity index (χ0n) is 15.8. The van der Waals surface area contributed by atoms with E-state index in [2.05, 4.69) is 4.98 Å². The first-order chi connectivity index (χ1) is 14.5. The van der Waals surface area contributed by atoms with Gasteiger partial charge in [-0.05, 0) is 43.2 Å². The van der Waals surface area contributed by atoms with Gasteiger partial charge in [-0.3, -0.25) is 9.20 Å². The van der Waals surface area contributed by atoms with Crippen molar-refractivity contribution in [2.75, 3.05) is 13.1 Å². The normalized spacial score (nSPS) is 14.0. The average Bonchev–Trinajstić information content (AvgIpc) is 3.43. The van der Waals surface area contributed by atoms with Crippen LogP contribution >= 0.6 is 11.3 Å². The number of fused-ring (bicyclic) bond motifs is 3. The predicted molar refractivity (Wildman–Crippen MR) is 111 cm³/mol. The van der Waals surface area contributed by atoms with Crippen molar-refractivity contribution in [1.82, 2.24) is 14.3 Å². The number of nitrogens with zero attached hydrogens (tertiary/aromatic N) is 3. The van der Waals surface area contributed by atoms with Crippen LogP contribution in [0.2, 0.25) is 0 Å². The van der Waals surface area contributed by atoms with Crippen molar-refractivity contribution >= 4 is 38.5 Å². The van der Waals surface area contributed by atoms with Gasteiger partial charge < -0.3 is 15.4 Å². The van der Waals surface area contributed by atoms with E-state index >= 15 is 0 Å². The third-order valence-electron chi connectivity index (χ3n) is 5.16. The SMILES string of the molecule is NC(=O)c1ccc2c(c1)sc1nc(-c3ccc(OC(=O)N4CCCC4)cc3F)cn12. The molecule has 2 aromatic carbocycles. The Morgan fingerprint density at radius 2 is 1.93 bits per heavy atom. The largest absolute Gasteiger partial charge is 0.415 e. The van der Waals surface area contributed by atoms with Gasteiger partial charge in [0.2, 0.25) is 5.91 Å². The molecule has 152 valence electrons. The number of likely N-dealkylation sites (tertiary alicyclic amines) is 1. The number of thiazole rings is 1. The van der Waals surface area contributed by atoms with Crippen molar-refractivity contribution in [2.24, 2.45) is 5.73 Å². The Hall–Kier alpha value is -3.46. The third-order valence-corrected chi connectivity index (χ3v) is 6.18. The number of amides is 2. The summed E-state index contributed by atoms with van der Waals surface area (Å²) in [5, 5.41) is 0. The van der Waals surface area contributed by atoms with Crippen LogP contribution in [0.3, 0.4) is 0 Å². The molecule has 0 saturated carbocycles. The highest BCUT2D eigenvalue weighted by atomic mass is 32.1. The molecule has 4 aromatic rings. The van der Waals surface area contributed by atoms with Crippen molar-refractivity contribution in [3.63, 3.8) is 0 Å². The van der Waals surface area contributed by atoms with E-state index in [0.29, 0.717) is 34.9 Å². The number of aromatic nitrogens is 2. The second kappa shape index (κ2) is 7.10. The first-order valence-corrected chi connectivity index (χ1v) is 10.3. The van der Waals surface area contributed by atoms with Crippen LogP contribution in [-0.2, 0) is 0 Å². The molecule has 3 heterocycles. The van der Waals surface area contributed by atoms with E-state index in [1.54, 1.807) is 41.4 Å². The monoisotopic (exact) mass is 424 g/mol. The van der Waals surface area contributed by atoms with Gasteiger partial charge in [0.05, 0.1) is 15.9 Å². The average molecular weight is 424 g/mol. The van der Waals surface area contributed by atoms with Crippen molar-refractivity contribution in [3.8, 4) is 17.0 Å². The molecule has 7 nitrogen and oxygen atoms in total. The van der Waals surface area contributed by atoms with Crippen LogP contribution in [0, 0.1) is 5.82 Å². The maximum Gasteiger partial charge on any atom is 0.415 e. The third kappa shape index (κ3) is 3.17. The van der Waals surface area contributed by atoms with Crippen molar-refractivity contribution in [2.45, 2.75) is 12.8 Å². The lowest BCUT2D eigenvalue weighted by Crippen LogP contribution is -2.30. The number of hydrogen-bond donors (Lipinski definition) is 1.